The minimum atomic E-state index is -0.530. The Morgan fingerprint density at radius 3 is 2.42 bits per heavy atom. The van der Waals surface area contributed by atoms with Crippen LogP contribution in [0.1, 0.15) is 0 Å². The molecule has 2 N–H and O–H groups in total. The summed E-state index contributed by atoms with van der Waals surface area (Å²) in [6.07, 6.45) is 0. The molecule has 0 saturated heterocycles. The average molecular weight is 327 g/mol. The number of hydrogen-bond donors (Lipinski definition) is 1. The Balaban J connectivity index is 2.26. The SMILES string of the molecule is Nc1cc(Oc2ccc([N+](=O)[O-])c(Br)c2)ccc1F. The van der Waals surface area contributed by atoms with E-state index in [1.807, 2.05) is 0 Å². The number of rotatable bonds is 3. The van der Waals surface area contributed by atoms with Gasteiger partial charge in [0.2, 0.25) is 0 Å². The van der Waals surface area contributed by atoms with E-state index in [1.165, 1.54) is 36.4 Å². The molecule has 0 unspecified atom stereocenters. The Hall–Kier alpha value is -2.15. The first-order valence-electron chi connectivity index (χ1n) is 5.14. The molecular weight excluding hydrogens is 319 g/mol. The van der Waals surface area contributed by atoms with Gasteiger partial charge < -0.3 is 10.5 Å². The van der Waals surface area contributed by atoms with Crippen molar-refractivity contribution in [1.29, 1.82) is 0 Å². The van der Waals surface area contributed by atoms with E-state index in [0.29, 0.717) is 16.0 Å². The highest BCUT2D eigenvalue weighted by atomic mass is 79.9. The number of nitrogens with two attached hydrogens (primary N) is 1. The first kappa shape index (κ1) is 13.3. The Bertz CT molecular complexity index is 649. The van der Waals surface area contributed by atoms with Gasteiger partial charge in [0.1, 0.15) is 17.3 Å². The van der Waals surface area contributed by atoms with Crippen LogP contribution in [-0.2, 0) is 0 Å². The van der Waals surface area contributed by atoms with Crippen LogP contribution in [0.4, 0.5) is 15.8 Å². The van der Waals surface area contributed by atoms with E-state index in [-0.39, 0.29) is 11.4 Å². The molecule has 0 aliphatic carbocycles. The molecule has 0 radical (unpaired) electrons. The van der Waals surface area contributed by atoms with Gasteiger partial charge in [0.25, 0.3) is 5.69 Å². The van der Waals surface area contributed by atoms with Gasteiger partial charge in [-0.3, -0.25) is 10.1 Å². The Kier molecular flexibility index (Phi) is 3.66. The third-order valence-electron chi connectivity index (χ3n) is 2.32. The fourth-order valence-electron chi connectivity index (χ4n) is 1.42. The number of nitro benzene ring substituents is 1. The fraction of sp³-hybridized carbons (Fsp3) is 0. The molecule has 2 rings (SSSR count). The lowest BCUT2D eigenvalue weighted by molar-refractivity contribution is -0.385. The van der Waals surface area contributed by atoms with Crippen LogP contribution in [0, 0.1) is 15.9 Å². The second-order valence-corrected chi connectivity index (χ2v) is 4.51. The van der Waals surface area contributed by atoms with Gasteiger partial charge in [-0.25, -0.2) is 4.39 Å². The maximum Gasteiger partial charge on any atom is 0.283 e. The monoisotopic (exact) mass is 326 g/mol. The summed E-state index contributed by atoms with van der Waals surface area (Å²) in [5.41, 5.74) is 5.32. The van der Waals surface area contributed by atoms with Gasteiger partial charge in [-0.1, -0.05) is 0 Å². The molecule has 7 heteroatoms. The number of hydrogen-bond acceptors (Lipinski definition) is 4. The normalized spacial score (nSPS) is 10.2. The smallest absolute Gasteiger partial charge is 0.283 e. The second-order valence-electron chi connectivity index (χ2n) is 3.66. The van der Waals surface area contributed by atoms with Crippen molar-refractivity contribution >= 4 is 27.3 Å². The molecule has 0 fully saturated rings. The van der Waals surface area contributed by atoms with E-state index in [2.05, 4.69) is 15.9 Å². The van der Waals surface area contributed by atoms with E-state index in [9.17, 15) is 14.5 Å². The van der Waals surface area contributed by atoms with E-state index in [1.54, 1.807) is 0 Å². The van der Waals surface area contributed by atoms with Crippen LogP contribution >= 0.6 is 15.9 Å². The maximum absolute atomic E-state index is 13.0. The molecular formula is C12H8BrFN2O3. The van der Waals surface area contributed by atoms with Crippen molar-refractivity contribution in [2.45, 2.75) is 0 Å². The first-order chi connectivity index (χ1) is 8.97. The minimum absolute atomic E-state index is 0.0292. The zero-order valence-corrected chi connectivity index (χ0v) is 11.1. The third-order valence-corrected chi connectivity index (χ3v) is 2.95. The molecule has 0 spiro atoms. The molecule has 5 nitrogen and oxygen atoms in total. The second kappa shape index (κ2) is 5.23. The number of anilines is 1. The molecule has 0 bridgehead atoms. The number of benzene rings is 2. The number of nitro groups is 1. The molecule has 98 valence electrons. The van der Waals surface area contributed by atoms with Crippen LogP contribution < -0.4 is 10.5 Å². The largest absolute Gasteiger partial charge is 0.457 e. The van der Waals surface area contributed by atoms with Gasteiger partial charge >= 0.3 is 0 Å². The van der Waals surface area contributed by atoms with Crippen LogP contribution in [-0.4, -0.2) is 4.92 Å². The zero-order chi connectivity index (χ0) is 14.0. The molecule has 0 aliphatic rings. The topological polar surface area (TPSA) is 78.4 Å². The van der Waals surface area contributed by atoms with Gasteiger partial charge in [-0.2, -0.15) is 0 Å². The lowest BCUT2D eigenvalue weighted by Crippen LogP contribution is -1.93. The Morgan fingerprint density at radius 1 is 1.21 bits per heavy atom. The van der Waals surface area contributed by atoms with Crippen molar-refractivity contribution in [1.82, 2.24) is 0 Å². The number of ether oxygens (including phenoxy) is 1. The van der Waals surface area contributed by atoms with Crippen molar-refractivity contribution < 1.29 is 14.1 Å². The van der Waals surface area contributed by atoms with Gasteiger partial charge in [-0.15, -0.1) is 0 Å². The predicted molar refractivity (Wildman–Crippen MR) is 71.7 cm³/mol. The number of nitrogens with zero attached hydrogens (tertiary/aromatic N) is 1. The first-order valence-corrected chi connectivity index (χ1v) is 5.93. The van der Waals surface area contributed by atoms with E-state index >= 15 is 0 Å². The Labute approximate surface area is 116 Å². The minimum Gasteiger partial charge on any atom is -0.457 e. The predicted octanol–water partition coefficient (Wildman–Crippen LogP) is 3.87. The number of nitrogen functional groups attached to an aromatic ring is 1. The molecule has 2 aromatic carbocycles. The van der Waals surface area contributed by atoms with Crippen molar-refractivity contribution in [3.63, 3.8) is 0 Å². The molecule has 0 aliphatic heterocycles. The van der Waals surface area contributed by atoms with Crippen molar-refractivity contribution in [3.05, 3.63) is 56.8 Å². The summed E-state index contributed by atoms with van der Waals surface area (Å²) in [6, 6.07) is 8.16. The van der Waals surface area contributed by atoms with Crippen LogP contribution in [0.3, 0.4) is 0 Å². The van der Waals surface area contributed by atoms with Crippen LogP contribution in [0.25, 0.3) is 0 Å². The molecule has 0 atom stereocenters. The summed E-state index contributed by atoms with van der Waals surface area (Å²) in [7, 11) is 0. The summed E-state index contributed by atoms with van der Waals surface area (Å²) >= 11 is 3.08. The lowest BCUT2D eigenvalue weighted by Gasteiger charge is -2.07. The van der Waals surface area contributed by atoms with Crippen molar-refractivity contribution in [3.8, 4) is 11.5 Å². The molecule has 2 aromatic rings. The van der Waals surface area contributed by atoms with Crippen molar-refractivity contribution in [2.24, 2.45) is 0 Å². The standard InChI is InChI=1S/C12H8BrFN2O3/c13-9-5-7(2-4-12(9)16(17)18)19-8-1-3-10(14)11(15)6-8/h1-6H,15H2. The van der Waals surface area contributed by atoms with E-state index in [4.69, 9.17) is 10.5 Å². The van der Waals surface area contributed by atoms with Crippen LogP contribution in [0.5, 0.6) is 11.5 Å². The quantitative estimate of drug-likeness (QED) is 0.527. The molecule has 0 aromatic heterocycles. The number of halogens is 2. The molecule has 0 heterocycles. The molecule has 0 amide bonds. The summed E-state index contributed by atoms with van der Waals surface area (Å²) in [5.74, 6) is 0.195. The Morgan fingerprint density at radius 2 is 1.84 bits per heavy atom. The van der Waals surface area contributed by atoms with E-state index < -0.39 is 10.7 Å². The third kappa shape index (κ3) is 3.00. The summed E-state index contributed by atoms with van der Waals surface area (Å²) < 4.78 is 18.7. The maximum atomic E-state index is 13.0. The zero-order valence-electron chi connectivity index (χ0n) is 9.47. The average Bonchev–Trinajstić information content (AvgIpc) is 2.33. The van der Waals surface area contributed by atoms with E-state index in [0.717, 1.165) is 0 Å². The summed E-state index contributed by atoms with van der Waals surface area (Å²) in [6.45, 7) is 0. The van der Waals surface area contributed by atoms with Crippen LogP contribution in [0.2, 0.25) is 0 Å². The van der Waals surface area contributed by atoms with Gasteiger partial charge in [0.05, 0.1) is 15.1 Å². The van der Waals surface area contributed by atoms with Gasteiger partial charge in [-0.05, 0) is 34.1 Å². The summed E-state index contributed by atoms with van der Waals surface area (Å²) in [4.78, 5) is 10.1. The summed E-state index contributed by atoms with van der Waals surface area (Å²) in [5, 5.41) is 10.7. The fourth-order valence-corrected chi connectivity index (χ4v) is 1.92. The highest BCUT2D eigenvalue weighted by Crippen LogP contribution is 2.31. The van der Waals surface area contributed by atoms with Gasteiger partial charge in [0.15, 0.2) is 0 Å². The van der Waals surface area contributed by atoms with Crippen molar-refractivity contribution in [2.75, 3.05) is 5.73 Å². The highest BCUT2D eigenvalue weighted by molar-refractivity contribution is 9.10. The lowest BCUT2D eigenvalue weighted by atomic mass is 10.3. The molecule has 0 saturated carbocycles. The van der Waals surface area contributed by atoms with Gasteiger partial charge in [0, 0.05) is 18.2 Å². The highest BCUT2D eigenvalue weighted by Gasteiger charge is 2.12. The van der Waals surface area contributed by atoms with Crippen LogP contribution in [0.15, 0.2) is 40.9 Å². The molecule has 19 heavy (non-hydrogen) atoms.